The number of carbonyl (C=O) groups excluding carboxylic acids is 1. The Morgan fingerprint density at radius 3 is 2.90 bits per heavy atom. The van der Waals surface area contributed by atoms with Crippen LogP contribution in [-0.2, 0) is 4.74 Å². The number of hydrogen-bond donors (Lipinski definition) is 2. The Hall–Kier alpha value is -1.75. The van der Waals surface area contributed by atoms with Crippen molar-refractivity contribution in [3.8, 4) is 0 Å². The molecule has 3 N–H and O–H groups in total. The molecule has 1 heterocycles. The molecular formula is C15H20N2O3. The number of nitrogens with zero attached hydrogens (tertiary/aromatic N) is 1. The standard InChI is InChI=1S/C15H20N2O3/c1-20-15(19)9-2-4-12(16)13(6-9)17-7-10-3-5-14(18)11(10)8-17/h2,4,6,10-11,14,18H,3,5,7-8,16H2,1H3. The minimum atomic E-state index is -0.356. The SMILES string of the molecule is COC(=O)c1ccc(N)c(N2CC3CCC(O)C3C2)c1. The summed E-state index contributed by atoms with van der Waals surface area (Å²) in [6, 6.07) is 5.21. The van der Waals surface area contributed by atoms with Crippen LogP contribution in [0.4, 0.5) is 11.4 Å². The van der Waals surface area contributed by atoms with Gasteiger partial charge in [-0.05, 0) is 37.0 Å². The molecule has 0 bridgehead atoms. The van der Waals surface area contributed by atoms with Crippen LogP contribution in [0.2, 0.25) is 0 Å². The zero-order chi connectivity index (χ0) is 14.3. The van der Waals surface area contributed by atoms with Crippen LogP contribution in [0.5, 0.6) is 0 Å². The van der Waals surface area contributed by atoms with Gasteiger partial charge < -0.3 is 20.5 Å². The molecule has 0 spiro atoms. The molecular weight excluding hydrogens is 256 g/mol. The Bertz CT molecular complexity index is 532. The quantitative estimate of drug-likeness (QED) is 0.628. The van der Waals surface area contributed by atoms with E-state index in [0.29, 0.717) is 23.1 Å². The fraction of sp³-hybridized carbons (Fsp3) is 0.533. The van der Waals surface area contributed by atoms with Gasteiger partial charge in [-0.2, -0.15) is 0 Å². The number of ether oxygens (including phenoxy) is 1. The highest BCUT2D eigenvalue weighted by atomic mass is 16.5. The third-order valence-electron chi connectivity index (χ3n) is 4.61. The van der Waals surface area contributed by atoms with Crippen LogP contribution in [0, 0.1) is 11.8 Å². The maximum atomic E-state index is 11.6. The normalized spacial score (nSPS) is 28.5. The summed E-state index contributed by atoms with van der Waals surface area (Å²) >= 11 is 0. The van der Waals surface area contributed by atoms with E-state index in [2.05, 4.69) is 4.90 Å². The van der Waals surface area contributed by atoms with E-state index in [1.807, 2.05) is 0 Å². The van der Waals surface area contributed by atoms with Crippen LogP contribution < -0.4 is 10.6 Å². The lowest BCUT2D eigenvalue weighted by molar-refractivity contribution is 0.0601. The first-order valence-corrected chi connectivity index (χ1v) is 7.01. The van der Waals surface area contributed by atoms with E-state index in [1.54, 1.807) is 18.2 Å². The molecule has 3 rings (SSSR count). The van der Waals surface area contributed by atoms with E-state index in [9.17, 15) is 9.90 Å². The number of nitrogens with two attached hydrogens (primary N) is 1. The average Bonchev–Trinajstić information content (AvgIpc) is 3.01. The van der Waals surface area contributed by atoms with Crippen molar-refractivity contribution in [3.05, 3.63) is 23.8 Å². The summed E-state index contributed by atoms with van der Waals surface area (Å²) in [6.07, 6.45) is 1.77. The fourth-order valence-electron chi connectivity index (χ4n) is 3.50. The summed E-state index contributed by atoms with van der Waals surface area (Å²) in [5.74, 6) is 0.507. The van der Waals surface area contributed by atoms with E-state index < -0.39 is 0 Å². The van der Waals surface area contributed by atoms with Crippen LogP contribution in [0.15, 0.2) is 18.2 Å². The van der Waals surface area contributed by atoms with E-state index in [0.717, 1.165) is 31.6 Å². The smallest absolute Gasteiger partial charge is 0.337 e. The van der Waals surface area contributed by atoms with Crippen molar-refractivity contribution in [1.82, 2.24) is 0 Å². The molecule has 108 valence electrons. The predicted octanol–water partition coefficient (Wildman–Crippen LogP) is 1.26. The van der Waals surface area contributed by atoms with Gasteiger partial charge in [0.25, 0.3) is 0 Å². The lowest BCUT2D eigenvalue weighted by Crippen LogP contribution is -2.25. The molecule has 1 aromatic rings. The Labute approximate surface area is 118 Å². The van der Waals surface area contributed by atoms with Gasteiger partial charge in [0.2, 0.25) is 0 Å². The zero-order valence-electron chi connectivity index (χ0n) is 11.6. The number of nitrogen functional groups attached to an aromatic ring is 1. The van der Waals surface area contributed by atoms with Crippen molar-refractivity contribution in [2.24, 2.45) is 11.8 Å². The van der Waals surface area contributed by atoms with Gasteiger partial charge in [0.1, 0.15) is 0 Å². The van der Waals surface area contributed by atoms with Gasteiger partial charge in [0.05, 0.1) is 30.2 Å². The summed E-state index contributed by atoms with van der Waals surface area (Å²) in [4.78, 5) is 13.8. The van der Waals surface area contributed by atoms with Crippen LogP contribution in [-0.4, -0.2) is 37.4 Å². The van der Waals surface area contributed by atoms with Crippen LogP contribution in [0.3, 0.4) is 0 Å². The van der Waals surface area contributed by atoms with Crippen molar-refractivity contribution in [3.63, 3.8) is 0 Å². The summed E-state index contributed by atoms with van der Waals surface area (Å²) < 4.78 is 4.75. The molecule has 1 aliphatic heterocycles. The van der Waals surface area contributed by atoms with Gasteiger partial charge >= 0.3 is 5.97 Å². The first kappa shape index (κ1) is 13.2. The molecule has 3 unspecified atom stereocenters. The van der Waals surface area contributed by atoms with E-state index in [1.165, 1.54) is 7.11 Å². The fourth-order valence-corrected chi connectivity index (χ4v) is 3.50. The number of anilines is 2. The zero-order valence-corrected chi connectivity index (χ0v) is 11.6. The highest BCUT2D eigenvalue weighted by Crippen LogP contribution is 2.41. The van der Waals surface area contributed by atoms with Gasteiger partial charge in [0, 0.05) is 19.0 Å². The molecule has 1 saturated heterocycles. The number of aliphatic hydroxyl groups is 1. The Balaban J connectivity index is 1.85. The molecule has 5 nitrogen and oxygen atoms in total. The minimum Gasteiger partial charge on any atom is -0.465 e. The lowest BCUT2D eigenvalue weighted by atomic mass is 10.00. The first-order chi connectivity index (χ1) is 9.60. The van der Waals surface area contributed by atoms with Crippen LogP contribution in [0.25, 0.3) is 0 Å². The van der Waals surface area contributed by atoms with E-state index >= 15 is 0 Å². The summed E-state index contributed by atoms with van der Waals surface area (Å²) in [6.45, 7) is 1.71. The summed E-state index contributed by atoms with van der Waals surface area (Å²) in [7, 11) is 1.37. The van der Waals surface area contributed by atoms with Crippen molar-refractivity contribution >= 4 is 17.3 Å². The molecule has 5 heteroatoms. The number of hydrogen-bond acceptors (Lipinski definition) is 5. The summed E-state index contributed by atoms with van der Waals surface area (Å²) in [5, 5.41) is 9.98. The largest absolute Gasteiger partial charge is 0.465 e. The molecule has 1 saturated carbocycles. The number of fused-ring (bicyclic) bond motifs is 1. The molecule has 0 amide bonds. The Morgan fingerprint density at radius 1 is 1.40 bits per heavy atom. The second-order valence-electron chi connectivity index (χ2n) is 5.74. The number of carbonyl (C=O) groups is 1. The second-order valence-corrected chi connectivity index (χ2v) is 5.74. The molecule has 1 aromatic carbocycles. The minimum absolute atomic E-state index is 0.199. The lowest BCUT2D eigenvalue weighted by Gasteiger charge is -2.22. The van der Waals surface area contributed by atoms with Crippen molar-refractivity contribution in [2.75, 3.05) is 30.8 Å². The number of rotatable bonds is 2. The number of aliphatic hydroxyl groups excluding tert-OH is 1. The molecule has 2 aliphatic rings. The molecule has 0 aromatic heterocycles. The Kier molecular flexibility index (Phi) is 3.30. The van der Waals surface area contributed by atoms with Gasteiger partial charge in [-0.15, -0.1) is 0 Å². The average molecular weight is 276 g/mol. The van der Waals surface area contributed by atoms with E-state index in [4.69, 9.17) is 10.5 Å². The maximum Gasteiger partial charge on any atom is 0.337 e. The highest BCUT2D eigenvalue weighted by molar-refractivity contribution is 5.92. The molecule has 2 fully saturated rings. The number of benzene rings is 1. The number of methoxy groups -OCH3 is 1. The van der Waals surface area contributed by atoms with Gasteiger partial charge in [0.15, 0.2) is 0 Å². The topological polar surface area (TPSA) is 75.8 Å². The van der Waals surface area contributed by atoms with Gasteiger partial charge in [-0.3, -0.25) is 0 Å². The molecule has 20 heavy (non-hydrogen) atoms. The predicted molar refractivity (Wildman–Crippen MR) is 76.6 cm³/mol. The number of esters is 1. The van der Waals surface area contributed by atoms with E-state index in [-0.39, 0.29) is 12.1 Å². The third kappa shape index (κ3) is 2.12. The molecule has 0 radical (unpaired) electrons. The first-order valence-electron chi connectivity index (χ1n) is 7.01. The van der Waals surface area contributed by atoms with Crippen molar-refractivity contribution in [1.29, 1.82) is 0 Å². The third-order valence-corrected chi connectivity index (χ3v) is 4.61. The summed E-state index contributed by atoms with van der Waals surface area (Å²) in [5.41, 5.74) is 8.08. The van der Waals surface area contributed by atoms with Gasteiger partial charge in [-0.25, -0.2) is 4.79 Å². The monoisotopic (exact) mass is 276 g/mol. The molecule has 3 atom stereocenters. The van der Waals surface area contributed by atoms with Crippen LogP contribution >= 0.6 is 0 Å². The second kappa shape index (κ2) is 4.98. The van der Waals surface area contributed by atoms with Gasteiger partial charge in [-0.1, -0.05) is 0 Å². The van der Waals surface area contributed by atoms with Crippen molar-refractivity contribution in [2.45, 2.75) is 18.9 Å². The van der Waals surface area contributed by atoms with Crippen LogP contribution in [0.1, 0.15) is 23.2 Å². The molecule has 1 aliphatic carbocycles. The highest BCUT2D eigenvalue weighted by Gasteiger charge is 2.42. The Morgan fingerprint density at radius 2 is 2.20 bits per heavy atom. The maximum absolute atomic E-state index is 11.6. The van der Waals surface area contributed by atoms with Crippen molar-refractivity contribution < 1.29 is 14.6 Å².